The van der Waals surface area contributed by atoms with Crippen molar-refractivity contribution in [2.45, 2.75) is 23.9 Å². The fourth-order valence-electron chi connectivity index (χ4n) is 3.91. The van der Waals surface area contributed by atoms with Gasteiger partial charge in [0.25, 0.3) is 0 Å². The molecule has 1 atom stereocenters. The van der Waals surface area contributed by atoms with Crippen molar-refractivity contribution in [1.29, 1.82) is 0 Å². The number of hydrogen-bond acceptors (Lipinski definition) is 8. The SMILES string of the molecule is COc1ccccc1-n1nnnc1SCC(=O)N1CCCC(c2nc3ccccc3s2)C1. The standard InChI is InChI=1S/C22H22N6O2S2/c1-30-18-10-4-3-9-17(18)28-22(24-25-26-28)31-14-20(29)27-12-6-7-15(13-27)21-23-16-8-2-5-11-19(16)32-21/h2-5,8-11,15H,6-7,12-14H2,1H3. The van der Waals surface area contributed by atoms with Crippen molar-refractivity contribution in [3.63, 3.8) is 0 Å². The maximum Gasteiger partial charge on any atom is 0.233 e. The van der Waals surface area contributed by atoms with Crippen LogP contribution in [0.15, 0.2) is 53.7 Å². The van der Waals surface area contributed by atoms with Gasteiger partial charge in [0.1, 0.15) is 11.4 Å². The first-order valence-electron chi connectivity index (χ1n) is 10.4. The smallest absolute Gasteiger partial charge is 0.233 e. The summed E-state index contributed by atoms with van der Waals surface area (Å²) in [7, 11) is 1.61. The van der Waals surface area contributed by atoms with Gasteiger partial charge in [0, 0.05) is 19.0 Å². The second-order valence-electron chi connectivity index (χ2n) is 7.53. The first kappa shape index (κ1) is 20.9. The maximum atomic E-state index is 13.0. The van der Waals surface area contributed by atoms with E-state index in [4.69, 9.17) is 9.72 Å². The molecular weight excluding hydrogens is 444 g/mol. The van der Waals surface area contributed by atoms with Gasteiger partial charge >= 0.3 is 0 Å². The molecule has 0 spiro atoms. The first-order valence-corrected chi connectivity index (χ1v) is 12.2. The Morgan fingerprint density at radius 2 is 2.06 bits per heavy atom. The van der Waals surface area contributed by atoms with E-state index in [0.29, 0.717) is 17.5 Å². The number of para-hydroxylation sites is 3. The number of amides is 1. The summed E-state index contributed by atoms with van der Waals surface area (Å²) in [5.74, 6) is 1.33. The quantitative estimate of drug-likeness (QED) is 0.400. The third kappa shape index (κ3) is 4.20. The summed E-state index contributed by atoms with van der Waals surface area (Å²) in [4.78, 5) is 19.8. The number of thioether (sulfide) groups is 1. The molecule has 4 aromatic rings. The maximum absolute atomic E-state index is 13.0. The zero-order valence-corrected chi connectivity index (χ0v) is 19.2. The number of aromatic nitrogens is 5. The van der Waals surface area contributed by atoms with Crippen molar-refractivity contribution in [2.24, 2.45) is 0 Å². The molecule has 1 amide bonds. The summed E-state index contributed by atoms with van der Waals surface area (Å²) in [5, 5.41) is 13.7. The Morgan fingerprint density at radius 1 is 1.22 bits per heavy atom. The molecule has 1 unspecified atom stereocenters. The highest BCUT2D eigenvalue weighted by molar-refractivity contribution is 7.99. The predicted molar refractivity (Wildman–Crippen MR) is 125 cm³/mol. The molecule has 8 nitrogen and oxygen atoms in total. The van der Waals surface area contributed by atoms with Crippen LogP contribution in [-0.2, 0) is 4.79 Å². The molecule has 0 aliphatic carbocycles. The fourth-order valence-corrected chi connectivity index (χ4v) is 5.79. The molecule has 0 bridgehead atoms. The molecule has 1 aliphatic rings. The number of benzene rings is 2. The van der Waals surface area contributed by atoms with Gasteiger partial charge in [0.15, 0.2) is 0 Å². The van der Waals surface area contributed by atoms with Gasteiger partial charge in [-0.25, -0.2) is 4.98 Å². The molecule has 0 radical (unpaired) electrons. The number of ether oxygens (including phenoxy) is 1. The lowest BCUT2D eigenvalue weighted by molar-refractivity contribution is -0.129. The van der Waals surface area contributed by atoms with E-state index in [2.05, 4.69) is 21.6 Å². The zero-order chi connectivity index (χ0) is 21.9. The van der Waals surface area contributed by atoms with Crippen LogP contribution in [0.25, 0.3) is 15.9 Å². The van der Waals surface area contributed by atoms with Crippen molar-refractivity contribution in [2.75, 3.05) is 26.0 Å². The average molecular weight is 467 g/mol. The van der Waals surface area contributed by atoms with Crippen molar-refractivity contribution in [3.8, 4) is 11.4 Å². The number of fused-ring (bicyclic) bond motifs is 1. The molecule has 2 aromatic carbocycles. The highest BCUT2D eigenvalue weighted by Gasteiger charge is 2.27. The third-order valence-corrected chi connectivity index (χ3v) is 7.62. The highest BCUT2D eigenvalue weighted by atomic mass is 32.2. The van der Waals surface area contributed by atoms with Crippen LogP contribution in [-0.4, -0.2) is 62.0 Å². The Hall–Kier alpha value is -2.98. The number of hydrogen-bond donors (Lipinski definition) is 0. The molecule has 5 rings (SSSR count). The Bertz CT molecular complexity index is 1210. The molecule has 2 aromatic heterocycles. The normalized spacial score (nSPS) is 16.4. The van der Waals surface area contributed by atoms with Crippen molar-refractivity contribution in [1.82, 2.24) is 30.1 Å². The number of likely N-dealkylation sites (tertiary alicyclic amines) is 1. The van der Waals surface area contributed by atoms with Crippen LogP contribution < -0.4 is 4.74 Å². The average Bonchev–Trinajstić information content (AvgIpc) is 3.49. The summed E-state index contributed by atoms with van der Waals surface area (Å²) >= 11 is 3.07. The zero-order valence-electron chi connectivity index (χ0n) is 17.5. The van der Waals surface area contributed by atoms with Crippen LogP contribution in [0.3, 0.4) is 0 Å². The van der Waals surface area contributed by atoms with E-state index in [0.717, 1.165) is 35.6 Å². The lowest BCUT2D eigenvalue weighted by Gasteiger charge is -2.31. The summed E-state index contributed by atoms with van der Waals surface area (Å²) in [5.41, 5.74) is 1.78. The van der Waals surface area contributed by atoms with Crippen LogP contribution in [0.2, 0.25) is 0 Å². The van der Waals surface area contributed by atoms with E-state index < -0.39 is 0 Å². The lowest BCUT2D eigenvalue weighted by atomic mass is 9.99. The molecule has 1 saturated heterocycles. The molecule has 0 saturated carbocycles. The minimum Gasteiger partial charge on any atom is -0.494 e. The van der Waals surface area contributed by atoms with E-state index in [1.165, 1.54) is 16.5 Å². The van der Waals surface area contributed by atoms with Gasteiger partial charge < -0.3 is 9.64 Å². The van der Waals surface area contributed by atoms with Crippen molar-refractivity contribution < 1.29 is 9.53 Å². The fraction of sp³-hybridized carbons (Fsp3) is 0.318. The summed E-state index contributed by atoms with van der Waals surface area (Å²) < 4.78 is 8.22. The van der Waals surface area contributed by atoms with Crippen LogP contribution in [0, 0.1) is 0 Å². The number of carbonyl (C=O) groups excluding carboxylic acids is 1. The van der Waals surface area contributed by atoms with Crippen molar-refractivity contribution >= 4 is 39.2 Å². The number of rotatable bonds is 6. The Morgan fingerprint density at radius 3 is 2.94 bits per heavy atom. The van der Waals surface area contributed by atoms with Gasteiger partial charge in [0.05, 0.1) is 28.1 Å². The summed E-state index contributed by atoms with van der Waals surface area (Å²) in [6, 6.07) is 15.7. The Kier molecular flexibility index (Phi) is 6.04. The lowest BCUT2D eigenvalue weighted by Crippen LogP contribution is -2.40. The van der Waals surface area contributed by atoms with Crippen LogP contribution in [0.4, 0.5) is 0 Å². The number of nitrogens with zero attached hydrogens (tertiary/aromatic N) is 6. The van der Waals surface area contributed by atoms with E-state index in [9.17, 15) is 4.79 Å². The number of methoxy groups -OCH3 is 1. The first-order chi connectivity index (χ1) is 15.7. The van der Waals surface area contributed by atoms with Gasteiger partial charge in [-0.05, 0) is 47.5 Å². The van der Waals surface area contributed by atoms with Crippen LogP contribution >= 0.6 is 23.1 Å². The molecule has 0 N–H and O–H groups in total. The summed E-state index contributed by atoms with van der Waals surface area (Å²) in [6.45, 7) is 1.48. The molecule has 1 aliphatic heterocycles. The number of tetrazole rings is 1. The van der Waals surface area contributed by atoms with E-state index in [-0.39, 0.29) is 17.6 Å². The van der Waals surface area contributed by atoms with Gasteiger partial charge in [-0.3, -0.25) is 4.79 Å². The van der Waals surface area contributed by atoms with Gasteiger partial charge in [-0.15, -0.1) is 16.4 Å². The topological polar surface area (TPSA) is 86.0 Å². The molecule has 10 heteroatoms. The molecular formula is C22H22N6O2S2. The molecule has 3 heterocycles. The van der Waals surface area contributed by atoms with Crippen molar-refractivity contribution in [3.05, 3.63) is 53.5 Å². The van der Waals surface area contributed by atoms with E-state index >= 15 is 0 Å². The highest BCUT2D eigenvalue weighted by Crippen LogP contribution is 2.33. The van der Waals surface area contributed by atoms with Gasteiger partial charge in [0.2, 0.25) is 11.1 Å². The number of carbonyl (C=O) groups is 1. The van der Waals surface area contributed by atoms with Crippen LogP contribution in [0.1, 0.15) is 23.8 Å². The van der Waals surface area contributed by atoms with E-state index in [1.54, 1.807) is 23.1 Å². The minimum absolute atomic E-state index is 0.0930. The van der Waals surface area contributed by atoms with Crippen LogP contribution in [0.5, 0.6) is 5.75 Å². The molecule has 32 heavy (non-hydrogen) atoms. The van der Waals surface area contributed by atoms with E-state index in [1.807, 2.05) is 47.4 Å². The number of thiazole rings is 1. The monoisotopic (exact) mass is 466 g/mol. The predicted octanol–water partition coefficient (Wildman–Crippen LogP) is 3.78. The Labute approximate surface area is 193 Å². The summed E-state index contributed by atoms with van der Waals surface area (Å²) in [6.07, 6.45) is 2.04. The minimum atomic E-state index is 0.0930. The number of piperidine rings is 1. The second kappa shape index (κ2) is 9.25. The third-order valence-electron chi connectivity index (χ3n) is 5.51. The molecule has 1 fully saturated rings. The largest absolute Gasteiger partial charge is 0.494 e. The molecule has 164 valence electrons. The van der Waals surface area contributed by atoms with Gasteiger partial charge in [-0.2, -0.15) is 4.68 Å². The Balaban J connectivity index is 1.25. The second-order valence-corrected chi connectivity index (χ2v) is 9.54. The van der Waals surface area contributed by atoms with Gasteiger partial charge in [-0.1, -0.05) is 36.0 Å².